The number of carboxylic acids is 1. The van der Waals surface area contributed by atoms with Crippen molar-refractivity contribution in [3.8, 4) is 11.8 Å². The standard InChI is InChI=1S/C8H13NO3/c1-6(10)7(9)4-2-3-5-8(11)12/h6-7,10H,4-5,9H2,1H3,(H,11,12). The first kappa shape index (κ1) is 11.0. The molecule has 0 aromatic carbocycles. The predicted molar refractivity (Wildman–Crippen MR) is 44.3 cm³/mol. The van der Waals surface area contributed by atoms with Crippen molar-refractivity contribution in [2.24, 2.45) is 5.73 Å². The number of carbonyl (C=O) groups is 1. The molecule has 0 aliphatic rings. The van der Waals surface area contributed by atoms with Crippen LogP contribution in [0.2, 0.25) is 0 Å². The second-order valence-electron chi connectivity index (χ2n) is 2.53. The number of carboxylic acid groups (broad SMARTS) is 1. The predicted octanol–water partition coefficient (Wildman–Crippen LogP) is -0.437. The zero-order valence-electron chi connectivity index (χ0n) is 6.95. The van der Waals surface area contributed by atoms with E-state index >= 15 is 0 Å². The zero-order chi connectivity index (χ0) is 9.56. The van der Waals surface area contributed by atoms with Crippen LogP contribution in [0.15, 0.2) is 0 Å². The maximum absolute atomic E-state index is 9.99. The summed E-state index contributed by atoms with van der Waals surface area (Å²) in [6.45, 7) is 1.57. The summed E-state index contributed by atoms with van der Waals surface area (Å²) in [6, 6.07) is -0.397. The molecule has 0 heterocycles. The fourth-order valence-corrected chi connectivity index (χ4v) is 0.499. The van der Waals surface area contributed by atoms with Crippen LogP contribution in [0, 0.1) is 11.8 Å². The summed E-state index contributed by atoms with van der Waals surface area (Å²) in [5, 5.41) is 17.1. The summed E-state index contributed by atoms with van der Waals surface area (Å²) < 4.78 is 0. The molecule has 0 fully saturated rings. The Morgan fingerprint density at radius 2 is 2.17 bits per heavy atom. The van der Waals surface area contributed by atoms with Crippen molar-refractivity contribution in [1.29, 1.82) is 0 Å². The van der Waals surface area contributed by atoms with Crippen molar-refractivity contribution in [2.45, 2.75) is 31.9 Å². The van der Waals surface area contributed by atoms with E-state index in [-0.39, 0.29) is 6.42 Å². The van der Waals surface area contributed by atoms with Crippen LogP contribution in [-0.2, 0) is 4.79 Å². The molecule has 2 atom stereocenters. The van der Waals surface area contributed by atoms with E-state index in [1.54, 1.807) is 6.92 Å². The smallest absolute Gasteiger partial charge is 0.315 e. The fraction of sp³-hybridized carbons (Fsp3) is 0.625. The van der Waals surface area contributed by atoms with Crippen LogP contribution >= 0.6 is 0 Å². The highest BCUT2D eigenvalue weighted by Gasteiger charge is 2.05. The van der Waals surface area contributed by atoms with Gasteiger partial charge in [-0.15, -0.1) is 5.92 Å². The Kier molecular flexibility index (Phi) is 5.09. The Morgan fingerprint density at radius 1 is 1.58 bits per heavy atom. The summed E-state index contributed by atoms with van der Waals surface area (Å²) in [6.07, 6.45) is -0.457. The molecular weight excluding hydrogens is 158 g/mol. The highest BCUT2D eigenvalue weighted by atomic mass is 16.4. The second-order valence-corrected chi connectivity index (χ2v) is 2.53. The third-order valence-corrected chi connectivity index (χ3v) is 1.32. The topological polar surface area (TPSA) is 83.5 Å². The number of rotatable bonds is 3. The molecule has 0 rings (SSSR count). The van der Waals surface area contributed by atoms with Gasteiger partial charge in [-0.3, -0.25) is 4.79 Å². The molecule has 4 heteroatoms. The average molecular weight is 171 g/mol. The molecule has 0 bridgehead atoms. The number of aliphatic carboxylic acids is 1. The van der Waals surface area contributed by atoms with Crippen LogP contribution in [0.5, 0.6) is 0 Å². The van der Waals surface area contributed by atoms with E-state index in [1.807, 2.05) is 0 Å². The molecule has 2 unspecified atom stereocenters. The van der Waals surface area contributed by atoms with Crippen LogP contribution in [0.1, 0.15) is 19.8 Å². The number of hydrogen-bond acceptors (Lipinski definition) is 3. The van der Waals surface area contributed by atoms with Gasteiger partial charge in [0.05, 0.1) is 6.10 Å². The van der Waals surface area contributed by atoms with Gasteiger partial charge in [0.15, 0.2) is 0 Å². The summed E-state index contributed by atoms with van der Waals surface area (Å²) in [4.78, 5) is 9.99. The number of nitrogens with two attached hydrogens (primary N) is 1. The van der Waals surface area contributed by atoms with Crippen LogP contribution < -0.4 is 5.73 Å². The van der Waals surface area contributed by atoms with Crippen molar-refractivity contribution in [3.05, 3.63) is 0 Å². The number of aliphatic hydroxyl groups excluding tert-OH is 1. The van der Waals surface area contributed by atoms with Crippen LogP contribution in [0.4, 0.5) is 0 Å². The van der Waals surface area contributed by atoms with E-state index in [4.69, 9.17) is 15.9 Å². The minimum absolute atomic E-state index is 0.174. The van der Waals surface area contributed by atoms with Crippen LogP contribution in [0.3, 0.4) is 0 Å². The molecule has 0 aromatic heterocycles. The van der Waals surface area contributed by atoms with Crippen molar-refractivity contribution in [1.82, 2.24) is 0 Å². The lowest BCUT2D eigenvalue weighted by atomic mass is 10.1. The average Bonchev–Trinajstić information content (AvgIpc) is 1.97. The van der Waals surface area contributed by atoms with Gasteiger partial charge in [0.2, 0.25) is 0 Å². The number of hydrogen-bond donors (Lipinski definition) is 3. The van der Waals surface area contributed by atoms with Crippen molar-refractivity contribution < 1.29 is 15.0 Å². The monoisotopic (exact) mass is 171 g/mol. The third kappa shape index (κ3) is 5.71. The molecule has 0 spiro atoms. The highest BCUT2D eigenvalue weighted by molar-refractivity contribution is 5.69. The highest BCUT2D eigenvalue weighted by Crippen LogP contribution is 1.92. The minimum Gasteiger partial charge on any atom is -0.481 e. The summed E-state index contributed by atoms with van der Waals surface area (Å²) in [5.74, 6) is 4.06. The van der Waals surface area contributed by atoms with E-state index in [1.165, 1.54) is 0 Å². The molecule has 4 nitrogen and oxygen atoms in total. The number of aliphatic hydroxyl groups is 1. The third-order valence-electron chi connectivity index (χ3n) is 1.32. The van der Waals surface area contributed by atoms with Crippen molar-refractivity contribution in [2.75, 3.05) is 0 Å². The fourth-order valence-electron chi connectivity index (χ4n) is 0.499. The Bertz CT molecular complexity index is 202. The molecule has 0 amide bonds. The van der Waals surface area contributed by atoms with Crippen LogP contribution in [-0.4, -0.2) is 28.3 Å². The lowest BCUT2D eigenvalue weighted by Crippen LogP contribution is -2.31. The van der Waals surface area contributed by atoms with E-state index in [2.05, 4.69) is 11.8 Å². The first-order valence-corrected chi connectivity index (χ1v) is 3.65. The first-order valence-electron chi connectivity index (χ1n) is 3.65. The molecule has 68 valence electrons. The first-order chi connectivity index (χ1) is 5.54. The molecule has 0 aliphatic heterocycles. The molecule has 4 N–H and O–H groups in total. The zero-order valence-corrected chi connectivity index (χ0v) is 6.95. The SMILES string of the molecule is CC(O)C(N)CC#CCC(=O)O. The maximum atomic E-state index is 9.99. The van der Waals surface area contributed by atoms with Gasteiger partial charge >= 0.3 is 5.97 Å². The van der Waals surface area contributed by atoms with Gasteiger partial charge in [-0.2, -0.15) is 0 Å². The van der Waals surface area contributed by atoms with Gasteiger partial charge < -0.3 is 15.9 Å². The Morgan fingerprint density at radius 3 is 2.58 bits per heavy atom. The molecular formula is C8H13NO3. The maximum Gasteiger partial charge on any atom is 0.315 e. The second kappa shape index (κ2) is 5.58. The normalized spacial score (nSPS) is 14.2. The summed E-state index contributed by atoms with van der Waals surface area (Å²) >= 11 is 0. The van der Waals surface area contributed by atoms with Gasteiger partial charge in [0, 0.05) is 12.5 Å². The lowest BCUT2D eigenvalue weighted by Gasteiger charge is -2.09. The Balaban J connectivity index is 3.63. The molecule has 0 radical (unpaired) electrons. The quantitative estimate of drug-likeness (QED) is 0.503. The Labute approximate surface area is 71.4 Å². The summed E-state index contributed by atoms with van der Waals surface area (Å²) in [5.41, 5.74) is 5.43. The largest absolute Gasteiger partial charge is 0.481 e. The van der Waals surface area contributed by atoms with E-state index < -0.39 is 18.1 Å². The molecule has 0 saturated carbocycles. The van der Waals surface area contributed by atoms with Crippen molar-refractivity contribution >= 4 is 5.97 Å². The van der Waals surface area contributed by atoms with Gasteiger partial charge in [-0.25, -0.2) is 0 Å². The van der Waals surface area contributed by atoms with Gasteiger partial charge in [-0.05, 0) is 6.92 Å². The van der Waals surface area contributed by atoms with E-state index in [9.17, 15) is 4.79 Å². The van der Waals surface area contributed by atoms with Crippen LogP contribution in [0.25, 0.3) is 0 Å². The van der Waals surface area contributed by atoms with E-state index in [0.29, 0.717) is 6.42 Å². The van der Waals surface area contributed by atoms with E-state index in [0.717, 1.165) is 0 Å². The van der Waals surface area contributed by atoms with Gasteiger partial charge in [0.1, 0.15) is 6.42 Å². The molecule has 12 heavy (non-hydrogen) atoms. The molecule has 0 saturated heterocycles. The van der Waals surface area contributed by atoms with Crippen molar-refractivity contribution in [3.63, 3.8) is 0 Å². The Hall–Kier alpha value is -1.05. The summed E-state index contributed by atoms with van der Waals surface area (Å²) in [7, 11) is 0. The molecule has 0 aliphatic carbocycles. The lowest BCUT2D eigenvalue weighted by molar-refractivity contribution is -0.135. The minimum atomic E-state index is -0.951. The van der Waals surface area contributed by atoms with Gasteiger partial charge in [-0.1, -0.05) is 5.92 Å². The molecule has 0 aromatic rings. The van der Waals surface area contributed by atoms with Gasteiger partial charge in [0.25, 0.3) is 0 Å².